The second-order valence-corrected chi connectivity index (χ2v) is 7.02. The Kier molecular flexibility index (Phi) is 6.33. The third-order valence-corrected chi connectivity index (χ3v) is 4.55. The van der Waals surface area contributed by atoms with Gasteiger partial charge in [0.1, 0.15) is 5.82 Å². The number of allylic oxidation sites excluding steroid dienone is 1. The third-order valence-electron chi connectivity index (χ3n) is 4.55. The summed E-state index contributed by atoms with van der Waals surface area (Å²) in [5.41, 5.74) is 1.13. The summed E-state index contributed by atoms with van der Waals surface area (Å²) in [5.74, 6) is -0.277. The molecule has 1 fully saturated rings. The molecule has 0 unspecified atom stereocenters. The number of piperidine rings is 1. The van der Waals surface area contributed by atoms with Gasteiger partial charge < -0.3 is 10.4 Å². The van der Waals surface area contributed by atoms with E-state index in [2.05, 4.69) is 30.1 Å². The van der Waals surface area contributed by atoms with E-state index in [9.17, 15) is 9.50 Å². The number of halogens is 1. The van der Waals surface area contributed by atoms with Crippen molar-refractivity contribution >= 4 is 0 Å². The molecule has 1 aliphatic rings. The normalized spacial score (nSPS) is 19.3. The lowest BCUT2D eigenvalue weighted by atomic mass is 9.95. The third kappa shape index (κ3) is 5.72. The van der Waals surface area contributed by atoms with Crippen molar-refractivity contribution < 1.29 is 9.50 Å². The molecular formula is C19H29FN2O. The van der Waals surface area contributed by atoms with Crippen molar-refractivity contribution in [3.05, 3.63) is 47.3 Å². The van der Waals surface area contributed by atoms with Crippen molar-refractivity contribution in [2.75, 3.05) is 26.2 Å². The van der Waals surface area contributed by atoms with Crippen LogP contribution in [0.15, 0.2) is 35.9 Å². The van der Waals surface area contributed by atoms with Gasteiger partial charge in [0.05, 0.1) is 5.60 Å². The molecule has 1 aliphatic heterocycles. The highest BCUT2D eigenvalue weighted by molar-refractivity contribution is 5.22. The number of nitrogens with one attached hydrogen (secondary N) is 1. The monoisotopic (exact) mass is 320 g/mol. The van der Waals surface area contributed by atoms with Gasteiger partial charge in [-0.2, -0.15) is 0 Å². The van der Waals surface area contributed by atoms with Crippen molar-refractivity contribution in [2.24, 2.45) is 0 Å². The fourth-order valence-electron chi connectivity index (χ4n) is 2.89. The van der Waals surface area contributed by atoms with Crippen molar-refractivity contribution in [2.45, 2.75) is 45.3 Å². The molecule has 3 nitrogen and oxygen atoms in total. The van der Waals surface area contributed by atoms with E-state index in [1.54, 1.807) is 19.1 Å². The zero-order valence-electron chi connectivity index (χ0n) is 14.5. The molecule has 23 heavy (non-hydrogen) atoms. The van der Waals surface area contributed by atoms with E-state index < -0.39 is 5.60 Å². The molecule has 0 aliphatic carbocycles. The molecule has 2 rings (SSSR count). The quantitative estimate of drug-likeness (QED) is 0.791. The summed E-state index contributed by atoms with van der Waals surface area (Å²) in [6, 6.07) is 6.53. The van der Waals surface area contributed by atoms with Gasteiger partial charge >= 0.3 is 0 Å². The molecular weight excluding hydrogens is 291 g/mol. The van der Waals surface area contributed by atoms with Crippen molar-refractivity contribution in [1.29, 1.82) is 0 Å². The number of hydrogen-bond acceptors (Lipinski definition) is 3. The maximum Gasteiger partial charge on any atom is 0.123 e. The van der Waals surface area contributed by atoms with Crippen molar-refractivity contribution in [1.82, 2.24) is 10.2 Å². The van der Waals surface area contributed by atoms with Crippen LogP contribution in [0.4, 0.5) is 4.39 Å². The van der Waals surface area contributed by atoms with Crippen LogP contribution in [0.3, 0.4) is 0 Å². The Balaban J connectivity index is 1.78. The van der Waals surface area contributed by atoms with Crippen LogP contribution in [0, 0.1) is 5.82 Å². The van der Waals surface area contributed by atoms with Gasteiger partial charge in [-0.1, -0.05) is 23.8 Å². The Labute approximate surface area is 139 Å². The van der Waals surface area contributed by atoms with Gasteiger partial charge in [0.25, 0.3) is 0 Å². The van der Waals surface area contributed by atoms with Gasteiger partial charge in [-0.05, 0) is 64.4 Å². The van der Waals surface area contributed by atoms with Crippen LogP contribution in [0.1, 0.15) is 39.2 Å². The minimum atomic E-state index is -0.979. The predicted octanol–water partition coefficient (Wildman–Crippen LogP) is 3.05. The number of hydrogen-bond donors (Lipinski definition) is 2. The first-order chi connectivity index (χ1) is 10.9. The lowest BCUT2D eigenvalue weighted by molar-refractivity contribution is 0.0504. The van der Waals surface area contributed by atoms with Crippen molar-refractivity contribution in [3.63, 3.8) is 0 Å². The molecule has 1 aromatic rings. The van der Waals surface area contributed by atoms with Crippen LogP contribution in [0.2, 0.25) is 0 Å². The van der Waals surface area contributed by atoms with E-state index >= 15 is 0 Å². The lowest BCUT2D eigenvalue weighted by Gasteiger charge is -2.34. The number of benzene rings is 1. The Morgan fingerprint density at radius 2 is 1.91 bits per heavy atom. The second-order valence-electron chi connectivity index (χ2n) is 7.02. The fraction of sp³-hybridized carbons (Fsp3) is 0.579. The SMILES string of the molecule is CC(C)=CCN1CCC(NC[C@](C)(O)c2ccc(F)cc2)CC1. The molecule has 1 atom stereocenters. The van der Waals surface area contributed by atoms with E-state index in [0.717, 1.165) is 38.0 Å². The molecule has 128 valence electrons. The van der Waals surface area contributed by atoms with Gasteiger partial charge in [-0.25, -0.2) is 4.39 Å². The largest absolute Gasteiger partial charge is 0.384 e. The van der Waals surface area contributed by atoms with Crippen LogP contribution in [0.5, 0.6) is 0 Å². The Hall–Kier alpha value is -1.23. The van der Waals surface area contributed by atoms with Crippen LogP contribution in [-0.2, 0) is 5.60 Å². The smallest absolute Gasteiger partial charge is 0.123 e. The predicted molar refractivity (Wildman–Crippen MR) is 92.9 cm³/mol. The molecule has 0 saturated carbocycles. The molecule has 0 radical (unpaired) electrons. The standard InChI is InChI=1S/C19H29FN2O/c1-15(2)8-11-22-12-9-18(10-13-22)21-14-19(3,23)16-4-6-17(20)7-5-16/h4-8,18,21,23H,9-14H2,1-3H3/t19-/m0/s1. The van der Waals surface area contributed by atoms with E-state index in [0.29, 0.717) is 12.6 Å². The van der Waals surface area contributed by atoms with Gasteiger partial charge in [0, 0.05) is 19.1 Å². The van der Waals surface area contributed by atoms with Crippen molar-refractivity contribution in [3.8, 4) is 0 Å². The minimum Gasteiger partial charge on any atom is -0.384 e. The Bertz CT molecular complexity index is 513. The first kappa shape index (κ1) is 18.1. The fourth-order valence-corrected chi connectivity index (χ4v) is 2.89. The topological polar surface area (TPSA) is 35.5 Å². The van der Waals surface area contributed by atoms with E-state index in [-0.39, 0.29) is 5.82 Å². The Morgan fingerprint density at radius 1 is 1.30 bits per heavy atom. The molecule has 0 spiro atoms. The van der Waals surface area contributed by atoms with Gasteiger partial charge in [0.2, 0.25) is 0 Å². The zero-order chi connectivity index (χ0) is 16.9. The van der Waals surface area contributed by atoms with Crippen LogP contribution >= 0.6 is 0 Å². The lowest BCUT2D eigenvalue weighted by Crippen LogP contribution is -2.46. The number of rotatable bonds is 6. The van der Waals surface area contributed by atoms with Crippen LogP contribution < -0.4 is 5.32 Å². The highest BCUT2D eigenvalue weighted by Crippen LogP contribution is 2.21. The first-order valence-corrected chi connectivity index (χ1v) is 8.44. The molecule has 1 saturated heterocycles. The number of likely N-dealkylation sites (tertiary alicyclic amines) is 1. The average Bonchev–Trinajstić information content (AvgIpc) is 2.52. The molecule has 2 N–H and O–H groups in total. The number of aliphatic hydroxyl groups is 1. The first-order valence-electron chi connectivity index (χ1n) is 8.44. The molecule has 1 heterocycles. The summed E-state index contributed by atoms with van der Waals surface area (Å²) in [4.78, 5) is 2.46. The minimum absolute atomic E-state index is 0.277. The van der Waals surface area contributed by atoms with Crippen LogP contribution in [0.25, 0.3) is 0 Å². The summed E-state index contributed by atoms with van der Waals surface area (Å²) in [7, 11) is 0. The zero-order valence-corrected chi connectivity index (χ0v) is 14.5. The molecule has 0 amide bonds. The number of nitrogens with zero attached hydrogens (tertiary/aromatic N) is 1. The van der Waals surface area contributed by atoms with Gasteiger partial charge in [0.15, 0.2) is 0 Å². The maximum absolute atomic E-state index is 13.0. The molecule has 4 heteroatoms. The maximum atomic E-state index is 13.0. The summed E-state index contributed by atoms with van der Waals surface area (Å²) in [6.07, 6.45) is 4.46. The highest BCUT2D eigenvalue weighted by atomic mass is 19.1. The second kappa shape index (κ2) is 8.04. The van der Waals surface area contributed by atoms with Gasteiger partial charge in [-0.15, -0.1) is 0 Å². The highest BCUT2D eigenvalue weighted by Gasteiger charge is 2.25. The van der Waals surface area contributed by atoms with Crippen LogP contribution in [-0.4, -0.2) is 42.2 Å². The molecule has 1 aromatic carbocycles. The molecule has 0 bridgehead atoms. The Morgan fingerprint density at radius 3 is 2.48 bits per heavy atom. The summed E-state index contributed by atoms with van der Waals surface area (Å²) < 4.78 is 13.0. The van der Waals surface area contributed by atoms with Gasteiger partial charge in [-0.3, -0.25) is 4.90 Å². The van der Waals surface area contributed by atoms with E-state index in [1.807, 2.05) is 0 Å². The summed E-state index contributed by atoms with van der Waals surface area (Å²) in [6.45, 7) is 9.72. The summed E-state index contributed by atoms with van der Waals surface area (Å²) >= 11 is 0. The van der Waals surface area contributed by atoms with E-state index in [4.69, 9.17) is 0 Å². The molecule has 0 aromatic heterocycles. The van der Waals surface area contributed by atoms with E-state index in [1.165, 1.54) is 17.7 Å². The average molecular weight is 320 g/mol. The summed E-state index contributed by atoms with van der Waals surface area (Å²) in [5, 5.41) is 14.1.